The first kappa shape index (κ1) is 23.6. The van der Waals surface area contributed by atoms with Crippen molar-refractivity contribution < 1.29 is 23.9 Å². The molecule has 0 aromatic carbocycles. The van der Waals surface area contributed by atoms with Crippen LogP contribution < -0.4 is 0 Å². The van der Waals surface area contributed by atoms with Gasteiger partial charge in [-0.05, 0) is 37.8 Å². The molecular formula is C23H32O5. The first-order chi connectivity index (χ1) is 13.4. The Kier molecular flexibility index (Phi) is 10.8. The average Bonchev–Trinajstić information content (AvgIpc) is 2.96. The van der Waals surface area contributed by atoms with Crippen molar-refractivity contribution in [1.29, 1.82) is 0 Å². The molecule has 0 amide bonds. The monoisotopic (exact) mass is 388 g/mol. The van der Waals surface area contributed by atoms with Gasteiger partial charge in [0.15, 0.2) is 11.4 Å². The van der Waals surface area contributed by atoms with Crippen molar-refractivity contribution in [3.05, 3.63) is 48.1 Å². The van der Waals surface area contributed by atoms with Crippen molar-refractivity contribution in [2.24, 2.45) is 0 Å². The topological polar surface area (TPSA) is 69.7 Å². The number of carbonyl (C=O) groups excluding carboxylic acids is 3. The molecule has 5 heteroatoms. The van der Waals surface area contributed by atoms with E-state index in [0.29, 0.717) is 31.3 Å². The zero-order chi connectivity index (χ0) is 20.8. The Morgan fingerprint density at radius 2 is 1.86 bits per heavy atom. The molecule has 0 bridgehead atoms. The van der Waals surface area contributed by atoms with Crippen LogP contribution >= 0.6 is 0 Å². The van der Waals surface area contributed by atoms with Crippen molar-refractivity contribution in [2.45, 2.75) is 70.8 Å². The van der Waals surface area contributed by atoms with Gasteiger partial charge in [-0.25, -0.2) is 0 Å². The number of hydrogen-bond donors (Lipinski definition) is 0. The van der Waals surface area contributed by atoms with Crippen LogP contribution in [-0.4, -0.2) is 30.4 Å². The maximum Gasteiger partial charge on any atom is 0.305 e. The summed E-state index contributed by atoms with van der Waals surface area (Å²) in [5, 5.41) is 0. The highest BCUT2D eigenvalue weighted by Crippen LogP contribution is 2.34. The molecule has 0 aromatic heterocycles. The molecule has 28 heavy (non-hydrogen) atoms. The van der Waals surface area contributed by atoms with E-state index in [-0.39, 0.29) is 11.8 Å². The molecular weight excluding hydrogens is 356 g/mol. The van der Waals surface area contributed by atoms with E-state index < -0.39 is 11.6 Å². The number of ether oxygens (including phenoxy) is 2. The van der Waals surface area contributed by atoms with E-state index in [1.807, 2.05) is 12.2 Å². The Hall–Kier alpha value is -2.43. The molecule has 1 atom stereocenters. The highest BCUT2D eigenvalue weighted by atomic mass is 16.6. The second-order valence-electron chi connectivity index (χ2n) is 6.83. The number of unbranched alkanes of at least 4 members (excludes halogenated alkanes) is 4. The van der Waals surface area contributed by atoms with E-state index >= 15 is 0 Å². The standard InChI is InChI=1S/C23H32O5/c1-4-5-6-7-10-13-17-23(28-19(2)24)18-16-21(25)20(23)14-11-8-9-12-15-22(26)27-3/h8,10-11,13-14,16,18H,4-7,9,12,15,17H2,1-3H3/b11-8+,13-10-,20-14-/t23-/m1/s1. The molecule has 0 saturated heterocycles. The van der Waals surface area contributed by atoms with Crippen LogP contribution in [0.4, 0.5) is 0 Å². The Labute approximate surface area is 168 Å². The molecule has 0 saturated carbocycles. The van der Waals surface area contributed by atoms with E-state index in [2.05, 4.69) is 17.7 Å². The minimum Gasteiger partial charge on any atom is -0.469 e. The van der Waals surface area contributed by atoms with E-state index in [4.69, 9.17) is 4.74 Å². The Morgan fingerprint density at radius 1 is 1.11 bits per heavy atom. The lowest BCUT2D eigenvalue weighted by atomic mass is 9.91. The third-order valence-corrected chi connectivity index (χ3v) is 4.49. The number of esters is 2. The van der Waals surface area contributed by atoms with Crippen LogP contribution in [0.1, 0.15) is 65.2 Å². The number of carbonyl (C=O) groups is 3. The fourth-order valence-corrected chi connectivity index (χ4v) is 3.00. The van der Waals surface area contributed by atoms with Gasteiger partial charge in [-0.3, -0.25) is 14.4 Å². The van der Waals surface area contributed by atoms with Crippen LogP contribution in [0.5, 0.6) is 0 Å². The van der Waals surface area contributed by atoms with Gasteiger partial charge >= 0.3 is 11.9 Å². The Bertz CT molecular complexity index is 654. The van der Waals surface area contributed by atoms with Crippen LogP contribution in [0.3, 0.4) is 0 Å². The van der Waals surface area contributed by atoms with Gasteiger partial charge in [0.25, 0.3) is 0 Å². The molecule has 0 spiro atoms. The fourth-order valence-electron chi connectivity index (χ4n) is 3.00. The second kappa shape index (κ2) is 12.9. The minimum atomic E-state index is -1.04. The van der Waals surface area contributed by atoms with Crippen LogP contribution in [-0.2, 0) is 23.9 Å². The third kappa shape index (κ3) is 8.07. The van der Waals surface area contributed by atoms with Gasteiger partial charge in [0.2, 0.25) is 0 Å². The van der Waals surface area contributed by atoms with E-state index in [0.717, 1.165) is 12.8 Å². The quantitative estimate of drug-likeness (QED) is 0.208. The summed E-state index contributed by atoms with van der Waals surface area (Å²) < 4.78 is 10.2. The summed E-state index contributed by atoms with van der Waals surface area (Å²) in [6.45, 7) is 3.51. The lowest BCUT2D eigenvalue weighted by Crippen LogP contribution is -2.33. The smallest absolute Gasteiger partial charge is 0.305 e. The SMILES string of the molecule is CCCCC/C=C\C[C@@]1(OC(C)=O)C=CC(=O)/C1=C/C=C/CCCC(=O)OC. The third-order valence-electron chi connectivity index (χ3n) is 4.49. The highest BCUT2D eigenvalue weighted by Gasteiger charge is 2.41. The molecule has 154 valence electrons. The zero-order valence-electron chi connectivity index (χ0n) is 17.2. The van der Waals surface area contributed by atoms with Gasteiger partial charge < -0.3 is 9.47 Å². The first-order valence-corrected chi connectivity index (χ1v) is 9.97. The van der Waals surface area contributed by atoms with E-state index in [1.165, 1.54) is 33.0 Å². The van der Waals surface area contributed by atoms with Gasteiger partial charge in [-0.15, -0.1) is 0 Å². The van der Waals surface area contributed by atoms with Gasteiger partial charge in [0.05, 0.1) is 7.11 Å². The summed E-state index contributed by atoms with van der Waals surface area (Å²) in [5.41, 5.74) is -0.592. The van der Waals surface area contributed by atoms with Gasteiger partial charge in [-0.2, -0.15) is 0 Å². The van der Waals surface area contributed by atoms with Crippen molar-refractivity contribution in [3.8, 4) is 0 Å². The Morgan fingerprint density at radius 3 is 2.54 bits per heavy atom. The Balaban J connectivity index is 2.79. The van der Waals surface area contributed by atoms with Gasteiger partial charge in [0, 0.05) is 25.3 Å². The molecule has 0 N–H and O–H groups in total. The summed E-state index contributed by atoms with van der Waals surface area (Å²) in [4.78, 5) is 35.1. The van der Waals surface area contributed by atoms with Crippen LogP contribution in [0.2, 0.25) is 0 Å². The average molecular weight is 389 g/mol. The number of allylic oxidation sites excluding steroid dienone is 5. The van der Waals surface area contributed by atoms with Gasteiger partial charge in [0.1, 0.15) is 0 Å². The summed E-state index contributed by atoms with van der Waals surface area (Å²) in [6, 6.07) is 0. The van der Waals surface area contributed by atoms with Crippen molar-refractivity contribution >= 4 is 17.7 Å². The maximum atomic E-state index is 12.3. The molecule has 0 aromatic rings. The van der Waals surface area contributed by atoms with E-state index in [9.17, 15) is 14.4 Å². The molecule has 1 rings (SSSR count). The highest BCUT2D eigenvalue weighted by molar-refractivity contribution is 6.09. The molecule has 0 heterocycles. The number of rotatable bonds is 12. The molecule has 0 fully saturated rings. The van der Waals surface area contributed by atoms with Crippen LogP contribution in [0, 0.1) is 0 Å². The zero-order valence-corrected chi connectivity index (χ0v) is 17.2. The number of methoxy groups -OCH3 is 1. The summed E-state index contributed by atoms with van der Waals surface area (Å²) in [6.07, 6.45) is 19.2. The van der Waals surface area contributed by atoms with E-state index in [1.54, 1.807) is 18.2 Å². The largest absolute Gasteiger partial charge is 0.469 e. The van der Waals surface area contributed by atoms with Crippen molar-refractivity contribution in [3.63, 3.8) is 0 Å². The molecule has 0 unspecified atom stereocenters. The molecule has 0 radical (unpaired) electrons. The molecule has 1 aliphatic carbocycles. The minimum absolute atomic E-state index is 0.153. The normalized spacial score (nSPS) is 20.5. The molecule has 1 aliphatic rings. The maximum absolute atomic E-state index is 12.3. The fraction of sp³-hybridized carbons (Fsp3) is 0.522. The summed E-state index contributed by atoms with van der Waals surface area (Å²) >= 11 is 0. The first-order valence-electron chi connectivity index (χ1n) is 9.97. The van der Waals surface area contributed by atoms with Gasteiger partial charge in [-0.1, -0.05) is 50.1 Å². The number of ketones is 1. The lowest BCUT2D eigenvalue weighted by molar-refractivity contribution is -0.149. The lowest BCUT2D eigenvalue weighted by Gasteiger charge is -2.27. The van der Waals surface area contributed by atoms with Crippen molar-refractivity contribution in [2.75, 3.05) is 7.11 Å². The molecule has 5 nitrogen and oxygen atoms in total. The predicted octanol–water partition coefficient (Wildman–Crippen LogP) is 4.78. The summed E-state index contributed by atoms with van der Waals surface area (Å²) in [7, 11) is 1.37. The summed E-state index contributed by atoms with van der Waals surface area (Å²) in [5.74, 6) is -0.812. The second-order valence-corrected chi connectivity index (χ2v) is 6.83. The molecule has 0 aliphatic heterocycles. The van der Waals surface area contributed by atoms with Crippen molar-refractivity contribution in [1.82, 2.24) is 0 Å². The number of hydrogen-bond acceptors (Lipinski definition) is 5. The van der Waals surface area contributed by atoms with Crippen LogP contribution in [0.25, 0.3) is 0 Å². The van der Waals surface area contributed by atoms with Crippen LogP contribution in [0.15, 0.2) is 48.1 Å². The predicted molar refractivity (Wildman–Crippen MR) is 110 cm³/mol.